The molecule has 1 aromatic rings. The molecule has 1 aromatic carbocycles. The monoisotopic (exact) mass is 338 g/mol. The van der Waals surface area contributed by atoms with E-state index in [-0.39, 0.29) is 11.7 Å². The van der Waals surface area contributed by atoms with Crippen LogP contribution >= 0.6 is 11.6 Å². The zero-order chi connectivity index (χ0) is 16.2. The van der Waals surface area contributed by atoms with Crippen LogP contribution in [0, 0.1) is 0 Å². The van der Waals surface area contributed by atoms with Crippen LogP contribution in [0.15, 0.2) is 18.2 Å². The highest BCUT2D eigenvalue weighted by molar-refractivity contribution is 6.33. The number of piperidine rings is 1. The number of amides is 1. The quantitative estimate of drug-likeness (QED) is 0.899. The molecule has 0 atom stereocenters. The van der Waals surface area contributed by atoms with Crippen LogP contribution in [-0.4, -0.2) is 66.2 Å². The Labute approximate surface area is 141 Å². The van der Waals surface area contributed by atoms with Gasteiger partial charge in [0.1, 0.15) is 5.75 Å². The predicted molar refractivity (Wildman–Crippen MR) is 89.1 cm³/mol. The molecule has 3 rings (SSSR count). The van der Waals surface area contributed by atoms with Gasteiger partial charge in [-0.05, 0) is 37.5 Å². The molecule has 126 valence electrons. The van der Waals surface area contributed by atoms with E-state index in [0.717, 1.165) is 58.7 Å². The van der Waals surface area contributed by atoms with Gasteiger partial charge in [-0.3, -0.25) is 9.69 Å². The van der Waals surface area contributed by atoms with Gasteiger partial charge in [0.05, 0.1) is 17.2 Å². The smallest absolute Gasteiger partial charge is 0.255 e. The third-order valence-corrected chi connectivity index (χ3v) is 5.03. The summed E-state index contributed by atoms with van der Waals surface area (Å²) >= 11 is 6.10. The summed E-state index contributed by atoms with van der Waals surface area (Å²) in [6, 6.07) is 5.03. The number of halogens is 1. The highest BCUT2D eigenvalue weighted by Crippen LogP contribution is 2.25. The van der Waals surface area contributed by atoms with Gasteiger partial charge in [-0.15, -0.1) is 0 Å². The molecule has 5 nitrogen and oxygen atoms in total. The number of benzene rings is 1. The fraction of sp³-hybridized carbons (Fsp3) is 0.588. The van der Waals surface area contributed by atoms with E-state index in [2.05, 4.69) is 4.90 Å². The Bertz CT molecular complexity index is 551. The number of hydrogen-bond acceptors (Lipinski definition) is 4. The number of aromatic hydroxyl groups is 1. The lowest BCUT2D eigenvalue weighted by Crippen LogP contribution is -2.47. The van der Waals surface area contributed by atoms with Crippen LogP contribution in [0.3, 0.4) is 0 Å². The first-order valence-corrected chi connectivity index (χ1v) is 8.62. The molecule has 0 radical (unpaired) electrons. The summed E-state index contributed by atoms with van der Waals surface area (Å²) in [6.45, 7) is 5.18. The molecule has 0 aliphatic carbocycles. The average molecular weight is 339 g/mol. The minimum Gasteiger partial charge on any atom is -0.508 e. The summed E-state index contributed by atoms with van der Waals surface area (Å²) in [5.74, 6) is -0.0271. The van der Waals surface area contributed by atoms with Crippen molar-refractivity contribution < 1.29 is 14.6 Å². The number of nitrogens with zero attached hydrogens (tertiary/aromatic N) is 2. The van der Waals surface area contributed by atoms with Gasteiger partial charge in [-0.1, -0.05) is 11.6 Å². The molecule has 0 aromatic heterocycles. The second kappa shape index (κ2) is 7.51. The van der Waals surface area contributed by atoms with Crippen molar-refractivity contribution in [3.05, 3.63) is 28.8 Å². The fourth-order valence-corrected chi connectivity index (χ4v) is 3.61. The topological polar surface area (TPSA) is 53.0 Å². The first-order valence-electron chi connectivity index (χ1n) is 8.25. The standard InChI is InChI=1S/C17H23ClN2O3/c18-16-3-2-14(21)12-15(16)17(22)20-7-4-13(5-8-20)19-6-1-10-23-11-9-19/h2-3,12-13,21H,1,4-11H2. The molecule has 2 heterocycles. The van der Waals surface area contributed by atoms with E-state index in [1.54, 1.807) is 6.07 Å². The predicted octanol–water partition coefficient (Wildman–Crippen LogP) is 2.37. The van der Waals surface area contributed by atoms with Crippen LogP contribution in [-0.2, 0) is 4.74 Å². The maximum absolute atomic E-state index is 12.6. The summed E-state index contributed by atoms with van der Waals surface area (Å²) in [6.07, 6.45) is 3.03. The van der Waals surface area contributed by atoms with Crippen LogP contribution in [0.4, 0.5) is 0 Å². The maximum atomic E-state index is 12.6. The Morgan fingerprint density at radius 3 is 2.74 bits per heavy atom. The fourth-order valence-electron chi connectivity index (χ4n) is 3.41. The number of phenols is 1. The Hall–Kier alpha value is -1.30. The molecule has 2 fully saturated rings. The van der Waals surface area contributed by atoms with E-state index in [4.69, 9.17) is 16.3 Å². The van der Waals surface area contributed by atoms with Gasteiger partial charge >= 0.3 is 0 Å². The number of carbonyl (C=O) groups excluding carboxylic acids is 1. The summed E-state index contributed by atoms with van der Waals surface area (Å²) in [7, 11) is 0. The summed E-state index contributed by atoms with van der Waals surface area (Å²) in [5, 5.41) is 9.96. The minimum atomic E-state index is -0.0939. The van der Waals surface area contributed by atoms with Gasteiger partial charge in [0, 0.05) is 38.8 Å². The van der Waals surface area contributed by atoms with Crippen molar-refractivity contribution in [2.75, 3.05) is 39.4 Å². The molecule has 2 aliphatic rings. The van der Waals surface area contributed by atoms with Crippen molar-refractivity contribution in [3.8, 4) is 5.75 Å². The molecule has 1 amide bonds. The zero-order valence-corrected chi connectivity index (χ0v) is 14.0. The van der Waals surface area contributed by atoms with Crippen molar-refractivity contribution in [1.82, 2.24) is 9.80 Å². The molecule has 23 heavy (non-hydrogen) atoms. The Morgan fingerprint density at radius 1 is 1.17 bits per heavy atom. The largest absolute Gasteiger partial charge is 0.508 e. The summed E-state index contributed by atoms with van der Waals surface area (Å²) < 4.78 is 5.51. The third kappa shape index (κ3) is 3.97. The van der Waals surface area contributed by atoms with Gasteiger partial charge in [0.2, 0.25) is 0 Å². The number of likely N-dealkylation sites (tertiary alicyclic amines) is 1. The molecule has 0 saturated carbocycles. The van der Waals surface area contributed by atoms with E-state index in [0.29, 0.717) is 16.6 Å². The van der Waals surface area contributed by atoms with Gasteiger partial charge < -0.3 is 14.7 Å². The summed E-state index contributed by atoms with van der Waals surface area (Å²) in [4.78, 5) is 16.9. The molecule has 0 spiro atoms. The zero-order valence-electron chi connectivity index (χ0n) is 13.2. The first-order chi connectivity index (χ1) is 11.1. The number of rotatable bonds is 2. The second-order valence-electron chi connectivity index (χ2n) is 6.19. The number of carbonyl (C=O) groups is 1. The summed E-state index contributed by atoms with van der Waals surface area (Å²) in [5.41, 5.74) is 0.383. The Morgan fingerprint density at radius 2 is 1.96 bits per heavy atom. The number of ether oxygens (including phenoxy) is 1. The lowest BCUT2D eigenvalue weighted by molar-refractivity contribution is 0.0609. The maximum Gasteiger partial charge on any atom is 0.255 e. The lowest BCUT2D eigenvalue weighted by atomic mass is 10.0. The van der Waals surface area contributed by atoms with Crippen molar-refractivity contribution >= 4 is 17.5 Å². The van der Waals surface area contributed by atoms with Gasteiger partial charge in [-0.2, -0.15) is 0 Å². The van der Waals surface area contributed by atoms with Gasteiger partial charge in [0.25, 0.3) is 5.91 Å². The van der Waals surface area contributed by atoms with Gasteiger partial charge in [0.15, 0.2) is 0 Å². The molecule has 0 bridgehead atoms. The number of phenolic OH excluding ortho intramolecular Hbond substituents is 1. The lowest BCUT2D eigenvalue weighted by Gasteiger charge is -2.38. The van der Waals surface area contributed by atoms with E-state index in [1.165, 1.54) is 12.1 Å². The van der Waals surface area contributed by atoms with E-state index < -0.39 is 0 Å². The van der Waals surface area contributed by atoms with E-state index in [1.807, 2.05) is 4.90 Å². The highest BCUT2D eigenvalue weighted by atomic mass is 35.5. The Kier molecular flexibility index (Phi) is 5.41. The molecule has 6 heteroatoms. The van der Waals surface area contributed by atoms with Gasteiger partial charge in [-0.25, -0.2) is 0 Å². The molecule has 2 saturated heterocycles. The Balaban J connectivity index is 1.60. The van der Waals surface area contributed by atoms with E-state index in [9.17, 15) is 9.90 Å². The molecule has 0 unspecified atom stereocenters. The molecule has 1 N–H and O–H groups in total. The highest BCUT2D eigenvalue weighted by Gasteiger charge is 2.28. The van der Waals surface area contributed by atoms with Crippen LogP contribution in [0.2, 0.25) is 5.02 Å². The van der Waals surface area contributed by atoms with Crippen molar-refractivity contribution in [2.24, 2.45) is 0 Å². The van der Waals surface area contributed by atoms with Crippen LogP contribution < -0.4 is 0 Å². The average Bonchev–Trinajstić information content (AvgIpc) is 2.86. The number of hydrogen-bond donors (Lipinski definition) is 1. The third-order valence-electron chi connectivity index (χ3n) is 4.71. The van der Waals surface area contributed by atoms with Crippen molar-refractivity contribution in [3.63, 3.8) is 0 Å². The first kappa shape index (κ1) is 16.6. The second-order valence-corrected chi connectivity index (χ2v) is 6.60. The SMILES string of the molecule is O=C(c1cc(O)ccc1Cl)N1CCC(N2CCCOCC2)CC1. The normalized spacial score (nSPS) is 21.2. The van der Waals surface area contributed by atoms with Crippen molar-refractivity contribution in [2.45, 2.75) is 25.3 Å². The van der Waals surface area contributed by atoms with Crippen LogP contribution in [0.25, 0.3) is 0 Å². The molecular formula is C17H23ClN2O3. The van der Waals surface area contributed by atoms with Crippen molar-refractivity contribution in [1.29, 1.82) is 0 Å². The molecule has 2 aliphatic heterocycles. The minimum absolute atomic E-state index is 0.0669. The van der Waals surface area contributed by atoms with Crippen LogP contribution in [0.5, 0.6) is 5.75 Å². The molecular weight excluding hydrogens is 316 g/mol. The van der Waals surface area contributed by atoms with Crippen LogP contribution in [0.1, 0.15) is 29.6 Å². The van der Waals surface area contributed by atoms with E-state index >= 15 is 0 Å².